The van der Waals surface area contributed by atoms with Gasteiger partial charge in [0.1, 0.15) is 0 Å². The van der Waals surface area contributed by atoms with Gasteiger partial charge in [-0.3, -0.25) is 0 Å². The molecular weight excluding hydrogens is 814 g/mol. The summed E-state index contributed by atoms with van der Waals surface area (Å²) in [6.07, 6.45) is 0.750. The largest absolute Gasteiger partial charge is 4.00 e. The second kappa shape index (κ2) is 19.4. The molecule has 0 aliphatic carbocycles. The normalized spacial score (nSPS) is 11.2. The van der Waals surface area contributed by atoms with Crippen molar-refractivity contribution in [2.75, 3.05) is 0 Å². The monoisotopic (exact) mass is 872 g/mol. The second-order valence-electron chi connectivity index (χ2n) is 15.5. The molecule has 0 amide bonds. The van der Waals surface area contributed by atoms with Gasteiger partial charge >= 0.3 is 25.8 Å². The molecule has 0 aliphatic rings. The van der Waals surface area contributed by atoms with Crippen molar-refractivity contribution in [3.05, 3.63) is 145 Å². The molecule has 0 unspecified atom stereocenters. The van der Waals surface area contributed by atoms with E-state index in [4.69, 9.17) is 0 Å². The van der Waals surface area contributed by atoms with Crippen LogP contribution in [0.4, 0.5) is 0 Å². The fourth-order valence-corrected chi connectivity index (χ4v) is 5.99. The van der Waals surface area contributed by atoms with Gasteiger partial charge in [0.15, 0.2) is 0 Å². The van der Waals surface area contributed by atoms with Crippen molar-refractivity contribution in [2.24, 2.45) is 0 Å². The number of hydrogen-bond acceptors (Lipinski definition) is 0. The Morgan fingerprint density at radius 2 is 0.820 bits per heavy atom. The fourth-order valence-electron chi connectivity index (χ4n) is 5.99. The average Bonchev–Trinajstić information content (AvgIpc) is 3.66. The quantitative estimate of drug-likeness (QED) is 0.122. The third-order valence-electron chi connectivity index (χ3n) is 9.00. The molecule has 3 heteroatoms. The first-order valence-corrected chi connectivity index (χ1v) is 17.3. The van der Waals surface area contributed by atoms with Crippen LogP contribution < -0.4 is 0 Å². The second-order valence-corrected chi connectivity index (χ2v) is 15.5. The molecule has 6 aromatic rings. The Labute approximate surface area is 335 Å². The van der Waals surface area contributed by atoms with Gasteiger partial charge in [0.25, 0.3) is 0 Å². The van der Waals surface area contributed by atoms with Gasteiger partial charge in [0.05, 0.1) is 0 Å². The zero-order chi connectivity index (χ0) is 34.5. The molecule has 0 spiro atoms. The molecule has 0 atom stereocenters. The van der Waals surface area contributed by atoms with Crippen molar-refractivity contribution in [3.63, 3.8) is 0 Å². The van der Waals surface area contributed by atoms with Crippen molar-refractivity contribution in [3.8, 4) is 22.3 Å². The van der Waals surface area contributed by atoms with Crippen LogP contribution in [0.3, 0.4) is 0 Å². The first-order chi connectivity index (χ1) is 22.1. The summed E-state index contributed by atoms with van der Waals surface area (Å²) in [7, 11) is 0. The zero-order valence-electron chi connectivity index (χ0n) is 32.0. The SMILES string of the molecule is CC(C)c1cc2c(-c3ccc(C(C)(C)C)cc3)cccc2[cH-]1.CC(C)c1cc2c(-c3ccc(C(C)(C)C)cc3)cccc2[cH-]1.Cl.Cl.[CH2-]C[CH2-].[Hf+4]. The Kier molecular flexibility index (Phi) is 17.7. The number of rotatable bonds is 4. The van der Waals surface area contributed by atoms with Crippen LogP contribution in [0.15, 0.2) is 109 Å². The van der Waals surface area contributed by atoms with Crippen LogP contribution in [-0.2, 0) is 36.7 Å². The maximum Gasteiger partial charge on any atom is 4.00 e. The Balaban J connectivity index is 0.000000439. The zero-order valence-corrected chi connectivity index (χ0v) is 37.2. The van der Waals surface area contributed by atoms with Gasteiger partial charge in [-0.2, -0.15) is 12.1 Å². The summed E-state index contributed by atoms with van der Waals surface area (Å²) in [4.78, 5) is 0. The molecule has 264 valence electrons. The van der Waals surface area contributed by atoms with Gasteiger partial charge in [-0.05, 0) is 44.9 Å². The molecule has 0 nitrogen and oxygen atoms in total. The van der Waals surface area contributed by atoms with E-state index in [0.29, 0.717) is 11.8 Å². The van der Waals surface area contributed by atoms with E-state index in [9.17, 15) is 0 Å². The Bertz CT molecular complexity index is 1730. The molecule has 0 aliphatic heterocycles. The van der Waals surface area contributed by atoms with Crippen molar-refractivity contribution in [2.45, 2.75) is 98.3 Å². The molecule has 0 bridgehead atoms. The van der Waals surface area contributed by atoms with E-state index in [1.54, 1.807) is 0 Å². The predicted octanol–water partition coefficient (Wildman–Crippen LogP) is 15.2. The number of benzene rings is 4. The fraction of sp³-hybridized carbons (Fsp3) is 0.319. The van der Waals surface area contributed by atoms with Crippen LogP contribution in [0.5, 0.6) is 0 Å². The van der Waals surface area contributed by atoms with E-state index in [-0.39, 0.29) is 61.5 Å². The van der Waals surface area contributed by atoms with Crippen LogP contribution in [0.2, 0.25) is 0 Å². The van der Waals surface area contributed by atoms with Crippen LogP contribution in [0.1, 0.15) is 110 Å². The Morgan fingerprint density at radius 1 is 0.520 bits per heavy atom. The maximum absolute atomic E-state index is 3.38. The van der Waals surface area contributed by atoms with Gasteiger partial charge in [-0.25, -0.2) is 0 Å². The molecule has 6 rings (SSSR count). The number of halogens is 2. The van der Waals surface area contributed by atoms with E-state index in [1.807, 2.05) is 0 Å². The molecule has 50 heavy (non-hydrogen) atoms. The Hall–Kier alpha value is -2.45. The van der Waals surface area contributed by atoms with Gasteiger partial charge in [-0.1, -0.05) is 141 Å². The third kappa shape index (κ3) is 11.3. The van der Waals surface area contributed by atoms with Crippen LogP contribution in [0.25, 0.3) is 43.8 Å². The van der Waals surface area contributed by atoms with Crippen molar-refractivity contribution in [1.29, 1.82) is 0 Å². The molecule has 0 N–H and O–H groups in total. The molecule has 6 aromatic carbocycles. The van der Waals surface area contributed by atoms with Gasteiger partial charge < -0.3 is 20.3 Å². The standard InChI is InChI=1S/2C22H25.C3H6.2ClH.Hf/c2*1-15(2)18-13-17-7-6-8-20(21(17)14-18)16-9-11-19(12-10-16)22(3,4)5;1-3-2;;;/h2*6-15H,1-5H3;1-3H2;2*1H;/q2*-1;-2;;;+4. The van der Waals surface area contributed by atoms with Gasteiger partial charge in [0.2, 0.25) is 0 Å². The van der Waals surface area contributed by atoms with E-state index in [1.165, 1.54) is 66.1 Å². The van der Waals surface area contributed by atoms with Crippen molar-refractivity contribution >= 4 is 46.4 Å². The van der Waals surface area contributed by atoms with E-state index >= 15 is 0 Å². The third-order valence-corrected chi connectivity index (χ3v) is 9.00. The summed E-state index contributed by atoms with van der Waals surface area (Å²) in [6, 6.07) is 40.7. The summed E-state index contributed by atoms with van der Waals surface area (Å²) >= 11 is 0. The molecule has 0 heterocycles. The maximum atomic E-state index is 3.38. The summed E-state index contributed by atoms with van der Waals surface area (Å²) in [5, 5.41) is 5.44. The first-order valence-electron chi connectivity index (χ1n) is 17.3. The van der Waals surface area contributed by atoms with E-state index < -0.39 is 0 Å². The van der Waals surface area contributed by atoms with Crippen LogP contribution in [0, 0.1) is 13.8 Å². The molecule has 0 saturated heterocycles. The van der Waals surface area contributed by atoms with Crippen molar-refractivity contribution in [1.82, 2.24) is 0 Å². The van der Waals surface area contributed by atoms with E-state index in [0.717, 1.165) is 6.42 Å². The minimum absolute atomic E-state index is 0. The molecule has 0 fully saturated rings. The minimum Gasteiger partial charge on any atom is -0.372 e. The summed E-state index contributed by atoms with van der Waals surface area (Å²) < 4.78 is 0. The van der Waals surface area contributed by atoms with Crippen molar-refractivity contribution < 1.29 is 25.8 Å². The smallest absolute Gasteiger partial charge is 0.372 e. The summed E-state index contributed by atoms with van der Waals surface area (Å²) in [6.45, 7) is 29.3. The minimum atomic E-state index is 0. The molecule has 0 aromatic heterocycles. The van der Waals surface area contributed by atoms with E-state index in [2.05, 4.69) is 192 Å². The van der Waals surface area contributed by atoms with Crippen LogP contribution >= 0.6 is 24.8 Å². The predicted molar refractivity (Wildman–Crippen MR) is 225 cm³/mol. The molecule has 0 saturated carbocycles. The number of hydrogen-bond donors (Lipinski definition) is 0. The topological polar surface area (TPSA) is 0 Å². The molecular formula is C47H58Cl2Hf. The summed E-state index contributed by atoms with van der Waals surface area (Å²) in [5.74, 6) is 1.15. The Morgan fingerprint density at radius 3 is 1.08 bits per heavy atom. The summed E-state index contributed by atoms with van der Waals surface area (Å²) in [5.41, 5.74) is 11.3. The number of fused-ring (bicyclic) bond motifs is 2. The first kappa shape index (κ1) is 45.6. The van der Waals surface area contributed by atoms with Gasteiger partial charge in [-0.15, -0.1) is 93.9 Å². The average molecular weight is 872 g/mol. The molecule has 0 radical (unpaired) electrons. The van der Waals surface area contributed by atoms with Gasteiger partial charge in [0, 0.05) is 0 Å². The van der Waals surface area contributed by atoms with Crippen LogP contribution in [-0.4, -0.2) is 0 Å².